The molecule has 5 aromatic carbocycles. The van der Waals surface area contributed by atoms with E-state index in [4.69, 9.17) is 0 Å². The van der Waals surface area contributed by atoms with Crippen LogP contribution in [0.4, 0.5) is 0 Å². The third kappa shape index (κ3) is 6.90. The van der Waals surface area contributed by atoms with Crippen molar-refractivity contribution in [1.82, 2.24) is 0 Å². The summed E-state index contributed by atoms with van der Waals surface area (Å²) in [5.41, 5.74) is 8.11. The normalized spacial score (nSPS) is 10.7. The summed E-state index contributed by atoms with van der Waals surface area (Å²) in [6, 6.07) is 35.0. The van der Waals surface area contributed by atoms with Gasteiger partial charge in [0.05, 0.1) is 0 Å². The van der Waals surface area contributed by atoms with Crippen molar-refractivity contribution in [2.45, 2.75) is 52.4 Å². The van der Waals surface area contributed by atoms with Crippen molar-refractivity contribution in [2.24, 2.45) is 0 Å². The van der Waals surface area contributed by atoms with Crippen LogP contribution in [0.5, 0.6) is 0 Å². The average molecular weight is 497 g/mol. The van der Waals surface area contributed by atoms with Gasteiger partial charge in [-0.1, -0.05) is 137 Å². The molecular weight excluding hydrogens is 456 g/mol. The highest BCUT2D eigenvalue weighted by atomic mass is 14.1. The average Bonchev–Trinajstić information content (AvgIpc) is 2.96. The molecule has 0 N–H and O–H groups in total. The largest absolute Gasteiger partial charge is 0.0985 e. The van der Waals surface area contributed by atoms with Gasteiger partial charge in [-0.05, 0) is 92.7 Å². The molecule has 0 aliphatic rings. The van der Waals surface area contributed by atoms with E-state index in [-0.39, 0.29) is 0 Å². The van der Waals surface area contributed by atoms with Crippen LogP contribution >= 0.6 is 0 Å². The molecule has 0 aliphatic heterocycles. The summed E-state index contributed by atoms with van der Waals surface area (Å²) in [5, 5.41) is 5.42. The lowest BCUT2D eigenvalue weighted by atomic mass is 9.92. The number of hydrogen-bond acceptors (Lipinski definition) is 0. The molecule has 0 fully saturated rings. The van der Waals surface area contributed by atoms with Crippen molar-refractivity contribution in [3.05, 3.63) is 144 Å². The van der Waals surface area contributed by atoms with Gasteiger partial charge in [-0.15, -0.1) is 0 Å². The molecule has 0 aliphatic carbocycles. The van der Waals surface area contributed by atoms with E-state index in [2.05, 4.69) is 124 Å². The van der Waals surface area contributed by atoms with E-state index in [0.29, 0.717) is 0 Å². The van der Waals surface area contributed by atoms with E-state index in [1.807, 2.05) is 12.2 Å². The first kappa shape index (κ1) is 27.1. The van der Waals surface area contributed by atoms with Crippen molar-refractivity contribution < 1.29 is 0 Å². The zero-order valence-corrected chi connectivity index (χ0v) is 23.0. The third-order valence-electron chi connectivity index (χ3n) is 7.14. The molecule has 0 heterocycles. The van der Waals surface area contributed by atoms with Gasteiger partial charge in [-0.2, -0.15) is 0 Å². The Hall–Kier alpha value is -3.90. The SMILES string of the molecule is C=Cc1cc(CCC)c2c(CCCC)cccc2c1.C=Cc1ccc2cc(Cc3ccccc3)ccc2c1. The molecule has 0 heteroatoms. The molecule has 0 amide bonds. The maximum absolute atomic E-state index is 3.91. The number of rotatable bonds is 9. The van der Waals surface area contributed by atoms with E-state index in [9.17, 15) is 0 Å². The first-order valence-corrected chi connectivity index (χ1v) is 14.0. The molecule has 0 bridgehead atoms. The van der Waals surface area contributed by atoms with E-state index >= 15 is 0 Å². The zero-order valence-electron chi connectivity index (χ0n) is 23.0. The van der Waals surface area contributed by atoms with Crippen molar-refractivity contribution in [2.75, 3.05) is 0 Å². The second-order valence-electron chi connectivity index (χ2n) is 10.1. The van der Waals surface area contributed by atoms with Gasteiger partial charge >= 0.3 is 0 Å². The van der Waals surface area contributed by atoms with E-state index in [1.165, 1.54) is 80.6 Å². The van der Waals surface area contributed by atoms with Gasteiger partial charge in [-0.25, -0.2) is 0 Å². The van der Waals surface area contributed by atoms with Crippen LogP contribution in [0.15, 0.2) is 110 Å². The number of unbranched alkanes of at least 4 members (excludes halogenated alkanes) is 1. The van der Waals surface area contributed by atoms with Crippen LogP contribution in [0.1, 0.15) is 66.5 Å². The lowest BCUT2D eigenvalue weighted by molar-refractivity contribution is 0.798. The Kier molecular flexibility index (Phi) is 9.71. The van der Waals surface area contributed by atoms with Gasteiger partial charge in [0.25, 0.3) is 0 Å². The highest BCUT2D eigenvalue weighted by molar-refractivity contribution is 5.91. The van der Waals surface area contributed by atoms with Crippen LogP contribution in [-0.2, 0) is 19.3 Å². The molecule has 192 valence electrons. The zero-order chi connectivity index (χ0) is 26.7. The first-order valence-electron chi connectivity index (χ1n) is 14.0. The topological polar surface area (TPSA) is 0 Å². The summed E-state index contributed by atoms with van der Waals surface area (Å²) >= 11 is 0. The number of aryl methyl sites for hydroxylation is 2. The number of benzene rings is 5. The lowest BCUT2D eigenvalue weighted by Crippen LogP contribution is -1.94. The summed E-state index contributed by atoms with van der Waals surface area (Å²) in [6.45, 7) is 12.2. The van der Waals surface area contributed by atoms with Crippen LogP contribution in [0.2, 0.25) is 0 Å². The van der Waals surface area contributed by atoms with Crippen LogP contribution in [0.3, 0.4) is 0 Å². The second-order valence-corrected chi connectivity index (χ2v) is 10.1. The Morgan fingerprint density at radius 1 is 0.553 bits per heavy atom. The van der Waals surface area contributed by atoms with Crippen molar-refractivity contribution >= 4 is 33.7 Å². The Bertz CT molecular complexity index is 1500. The fourth-order valence-electron chi connectivity index (χ4n) is 5.17. The summed E-state index contributed by atoms with van der Waals surface area (Å²) in [6.07, 6.45) is 10.9. The minimum absolute atomic E-state index is 0.986. The first-order chi connectivity index (χ1) is 18.6. The standard InChI is InChI=1S/C19H16.C19H24/c1-2-15-8-10-19-14-17(9-11-18(19)13-15)12-16-6-4-3-5-7-16;1-4-7-10-16-11-8-12-18-14-15(6-3)13-17(9-5-2)19(16)18/h2-11,13-14H,1,12H2;6,8,11-14H,3-5,7,9-10H2,1-2H3. The molecule has 0 unspecified atom stereocenters. The Labute approximate surface area is 229 Å². The van der Waals surface area contributed by atoms with Gasteiger partial charge in [0, 0.05) is 0 Å². The molecule has 0 nitrogen and oxygen atoms in total. The highest BCUT2D eigenvalue weighted by Gasteiger charge is 2.07. The van der Waals surface area contributed by atoms with Gasteiger partial charge in [0.1, 0.15) is 0 Å². The van der Waals surface area contributed by atoms with Crippen LogP contribution in [0.25, 0.3) is 33.7 Å². The summed E-state index contributed by atoms with van der Waals surface area (Å²) in [4.78, 5) is 0. The van der Waals surface area contributed by atoms with Crippen molar-refractivity contribution in [3.63, 3.8) is 0 Å². The molecule has 0 saturated heterocycles. The third-order valence-corrected chi connectivity index (χ3v) is 7.14. The Morgan fingerprint density at radius 2 is 1.29 bits per heavy atom. The molecule has 0 aromatic heterocycles. The predicted molar refractivity (Wildman–Crippen MR) is 170 cm³/mol. The Balaban J connectivity index is 0.000000177. The van der Waals surface area contributed by atoms with Gasteiger partial charge in [-0.3, -0.25) is 0 Å². The molecule has 0 saturated carbocycles. The summed E-state index contributed by atoms with van der Waals surface area (Å²) in [7, 11) is 0. The number of fused-ring (bicyclic) bond motifs is 2. The summed E-state index contributed by atoms with van der Waals surface area (Å²) < 4.78 is 0. The molecular formula is C38H40. The van der Waals surface area contributed by atoms with Gasteiger partial charge < -0.3 is 0 Å². The Morgan fingerprint density at radius 3 is 2.03 bits per heavy atom. The van der Waals surface area contributed by atoms with Crippen molar-refractivity contribution in [1.29, 1.82) is 0 Å². The van der Waals surface area contributed by atoms with E-state index < -0.39 is 0 Å². The van der Waals surface area contributed by atoms with Gasteiger partial charge in [0.2, 0.25) is 0 Å². The van der Waals surface area contributed by atoms with Crippen LogP contribution in [-0.4, -0.2) is 0 Å². The quantitative estimate of drug-likeness (QED) is 0.190. The minimum Gasteiger partial charge on any atom is -0.0985 e. The maximum atomic E-state index is 3.91. The molecule has 0 radical (unpaired) electrons. The van der Waals surface area contributed by atoms with Crippen LogP contribution < -0.4 is 0 Å². The second kappa shape index (κ2) is 13.6. The fourth-order valence-corrected chi connectivity index (χ4v) is 5.17. The molecule has 5 rings (SSSR count). The van der Waals surface area contributed by atoms with Gasteiger partial charge in [0.15, 0.2) is 0 Å². The molecule has 5 aromatic rings. The maximum Gasteiger partial charge on any atom is -0.00256 e. The molecule has 38 heavy (non-hydrogen) atoms. The minimum atomic E-state index is 0.986. The monoisotopic (exact) mass is 496 g/mol. The predicted octanol–water partition coefficient (Wildman–Crippen LogP) is 10.9. The summed E-state index contributed by atoms with van der Waals surface area (Å²) in [5.74, 6) is 0. The van der Waals surface area contributed by atoms with E-state index in [1.54, 1.807) is 0 Å². The number of hydrogen-bond donors (Lipinski definition) is 0. The highest BCUT2D eigenvalue weighted by Crippen LogP contribution is 2.28. The lowest BCUT2D eigenvalue weighted by Gasteiger charge is -2.13. The van der Waals surface area contributed by atoms with E-state index in [0.717, 1.165) is 12.8 Å². The van der Waals surface area contributed by atoms with Crippen LogP contribution in [0, 0.1) is 0 Å². The molecule has 0 spiro atoms. The van der Waals surface area contributed by atoms with Crippen molar-refractivity contribution in [3.8, 4) is 0 Å². The molecule has 0 atom stereocenters. The smallest absolute Gasteiger partial charge is 0.00256 e. The fraction of sp³-hybridized carbons (Fsp3) is 0.211.